The van der Waals surface area contributed by atoms with Crippen LogP contribution in [0.3, 0.4) is 0 Å². The number of rotatable bonds is 2. The Bertz CT molecular complexity index is 371. The summed E-state index contributed by atoms with van der Waals surface area (Å²) in [6.45, 7) is 4.41. The summed E-state index contributed by atoms with van der Waals surface area (Å²) in [6, 6.07) is 7.70. The van der Waals surface area contributed by atoms with E-state index < -0.39 is 5.60 Å². The zero-order valence-corrected chi connectivity index (χ0v) is 11.4. The SMILES string of the molecule is CC(C)C1CCCCC1(O)c1ccc(Cl)cc1. The highest BCUT2D eigenvalue weighted by Crippen LogP contribution is 2.45. The van der Waals surface area contributed by atoms with E-state index in [0.29, 0.717) is 11.8 Å². The van der Waals surface area contributed by atoms with Crippen molar-refractivity contribution >= 4 is 11.6 Å². The normalized spacial score (nSPS) is 29.6. The van der Waals surface area contributed by atoms with Crippen molar-refractivity contribution in [3.8, 4) is 0 Å². The van der Waals surface area contributed by atoms with Gasteiger partial charge in [0, 0.05) is 5.02 Å². The predicted octanol–water partition coefficient (Wildman–Crippen LogP) is 4.37. The van der Waals surface area contributed by atoms with E-state index in [1.54, 1.807) is 0 Å². The molecule has 1 aliphatic carbocycles. The zero-order valence-electron chi connectivity index (χ0n) is 10.6. The molecule has 0 spiro atoms. The zero-order chi connectivity index (χ0) is 12.5. The van der Waals surface area contributed by atoms with Gasteiger partial charge in [0.05, 0.1) is 5.60 Å². The van der Waals surface area contributed by atoms with Crippen molar-refractivity contribution < 1.29 is 5.11 Å². The molecule has 1 fully saturated rings. The van der Waals surface area contributed by atoms with Crippen LogP contribution in [-0.2, 0) is 5.60 Å². The minimum atomic E-state index is -0.656. The van der Waals surface area contributed by atoms with Gasteiger partial charge in [0.15, 0.2) is 0 Å². The minimum Gasteiger partial charge on any atom is -0.385 e. The third-order valence-electron chi connectivity index (χ3n) is 4.09. The van der Waals surface area contributed by atoms with Gasteiger partial charge in [-0.25, -0.2) is 0 Å². The van der Waals surface area contributed by atoms with Gasteiger partial charge in [-0.3, -0.25) is 0 Å². The van der Waals surface area contributed by atoms with Gasteiger partial charge in [-0.15, -0.1) is 0 Å². The molecule has 94 valence electrons. The van der Waals surface area contributed by atoms with Gasteiger partial charge in [-0.1, -0.05) is 50.4 Å². The van der Waals surface area contributed by atoms with Crippen LogP contribution in [0.25, 0.3) is 0 Å². The number of halogens is 1. The van der Waals surface area contributed by atoms with E-state index in [0.717, 1.165) is 29.8 Å². The standard InChI is InChI=1S/C15H21ClO/c1-11(2)14-5-3-4-10-15(14,17)12-6-8-13(16)9-7-12/h6-9,11,14,17H,3-5,10H2,1-2H3. The molecule has 2 unspecified atom stereocenters. The molecule has 0 radical (unpaired) electrons. The summed E-state index contributed by atoms with van der Waals surface area (Å²) in [6.07, 6.45) is 4.34. The molecule has 1 aliphatic rings. The van der Waals surface area contributed by atoms with Gasteiger partial charge in [0.2, 0.25) is 0 Å². The minimum absolute atomic E-state index is 0.359. The Balaban J connectivity index is 2.34. The van der Waals surface area contributed by atoms with Crippen molar-refractivity contribution in [1.29, 1.82) is 0 Å². The van der Waals surface area contributed by atoms with Gasteiger partial charge in [0.25, 0.3) is 0 Å². The Morgan fingerprint density at radius 3 is 2.47 bits per heavy atom. The summed E-state index contributed by atoms with van der Waals surface area (Å²) >= 11 is 5.91. The fourth-order valence-electron chi connectivity index (χ4n) is 3.16. The van der Waals surface area contributed by atoms with E-state index in [4.69, 9.17) is 11.6 Å². The topological polar surface area (TPSA) is 20.2 Å². The van der Waals surface area contributed by atoms with Crippen LogP contribution in [0.1, 0.15) is 45.1 Å². The highest BCUT2D eigenvalue weighted by molar-refractivity contribution is 6.30. The Labute approximate surface area is 109 Å². The molecule has 0 bridgehead atoms. The van der Waals surface area contributed by atoms with E-state index in [-0.39, 0.29) is 0 Å². The first-order valence-corrected chi connectivity index (χ1v) is 6.90. The van der Waals surface area contributed by atoms with Crippen LogP contribution in [-0.4, -0.2) is 5.11 Å². The first-order chi connectivity index (χ1) is 8.04. The Kier molecular flexibility index (Phi) is 3.79. The van der Waals surface area contributed by atoms with Gasteiger partial charge < -0.3 is 5.11 Å². The van der Waals surface area contributed by atoms with Crippen LogP contribution in [0.2, 0.25) is 5.02 Å². The molecule has 1 saturated carbocycles. The molecule has 0 amide bonds. The maximum Gasteiger partial charge on any atom is 0.0927 e. The second kappa shape index (κ2) is 4.99. The number of aliphatic hydroxyl groups is 1. The molecule has 0 saturated heterocycles. The predicted molar refractivity (Wildman–Crippen MR) is 72.1 cm³/mol. The highest BCUT2D eigenvalue weighted by atomic mass is 35.5. The molecule has 1 N–H and O–H groups in total. The summed E-state index contributed by atoms with van der Waals surface area (Å²) in [4.78, 5) is 0. The lowest BCUT2D eigenvalue weighted by Gasteiger charge is -2.42. The molecule has 1 nitrogen and oxygen atoms in total. The van der Waals surface area contributed by atoms with Gasteiger partial charge in [-0.2, -0.15) is 0 Å². The molecular formula is C15H21ClO. The summed E-state index contributed by atoms with van der Waals surface area (Å²) in [5, 5.41) is 11.8. The summed E-state index contributed by atoms with van der Waals surface area (Å²) < 4.78 is 0. The number of hydrogen-bond donors (Lipinski definition) is 1. The van der Waals surface area contributed by atoms with Crippen molar-refractivity contribution in [3.63, 3.8) is 0 Å². The van der Waals surface area contributed by atoms with Crippen LogP contribution < -0.4 is 0 Å². The fourth-order valence-corrected chi connectivity index (χ4v) is 3.29. The lowest BCUT2D eigenvalue weighted by Crippen LogP contribution is -2.40. The maximum atomic E-state index is 11.0. The number of hydrogen-bond acceptors (Lipinski definition) is 1. The van der Waals surface area contributed by atoms with Crippen LogP contribution in [0.15, 0.2) is 24.3 Å². The van der Waals surface area contributed by atoms with E-state index in [2.05, 4.69) is 13.8 Å². The summed E-state index contributed by atoms with van der Waals surface area (Å²) in [5.74, 6) is 0.869. The highest BCUT2D eigenvalue weighted by Gasteiger charge is 2.41. The second-order valence-electron chi connectivity index (χ2n) is 5.53. The monoisotopic (exact) mass is 252 g/mol. The molecule has 2 atom stereocenters. The molecule has 17 heavy (non-hydrogen) atoms. The van der Waals surface area contributed by atoms with Crippen molar-refractivity contribution in [2.45, 2.75) is 45.1 Å². The maximum absolute atomic E-state index is 11.0. The lowest BCUT2D eigenvalue weighted by atomic mass is 9.67. The molecule has 0 aromatic heterocycles. The number of benzene rings is 1. The van der Waals surface area contributed by atoms with Crippen LogP contribution in [0.5, 0.6) is 0 Å². The lowest BCUT2D eigenvalue weighted by molar-refractivity contribution is -0.0721. The van der Waals surface area contributed by atoms with Crippen molar-refractivity contribution in [2.75, 3.05) is 0 Å². The summed E-state index contributed by atoms with van der Waals surface area (Å²) in [7, 11) is 0. The molecule has 1 aromatic carbocycles. The largest absolute Gasteiger partial charge is 0.385 e. The van der Waals surface area contributed by atoms with Gasteiger partial charge >= 0.3 is 0 Å². The first kappa shape index (κ1) is 12.9. The Morgan fingerprint density at radius 2 is 1.88 bits per heavy atom. The fraction of sp³-hybridized carbons (Fsp3) is 0.600. The van der Waals surface area contributed by atoms with E-state index in [1.807, 2.05) is 24.3 Å². The summed E-state index contributed by atoms with van der Waals surface area (Å²) in [5.41, 5.74) is 0.372. The molecule has 0 aliphatic heterocycles. The van der Waals surface area contributed by atoms with E-state index >= 15 is 0 Å². The third-order valence-corrected chi connectivity index (χ3v) is 4.34. The molecular weight excluding hydrogens is 232 g/mol. The molecule has 0 heterocycles. The first-order valence-electron chi connectivity index (χ1n) is 6.52. The van der Waals surface area contributed by atoms with Crippen LogP contribution in [0, 0.1) is 11.8 Å². The van der Waals surface area contributed by atoms with Gasteiger partial charge in [-0.05, 0) is 42.4 Å². The quantitative estimate of drug-likeness (QED) is 0.829. The second-order valence-corrected chi connectivity index (χ2v) is 5.96. The van der Waals surface area contributed by atoms with Crippen LogP contribution in [0.4, 0.5) is 0 Å². The van der Waals surface area contributed by atoms with E-state index in [9.17, 15) is 5.11 Å². The van der Waals surface area contributed by atoms with Crippen molar-refractivity contribution in [1.82, 2.24) is 0 Å². The van der Waals surface area contributed by atoms with Crippen molar-refractivity contribution in [3.05, 3.63) is 34.9 Å². The average Bonchev–Trinajstić information content (AvgIpc) is 2.29. The Morgan fingerprint density at radius 1 is 1.24 bits per heavy atom. The Hall–Kier alpha value is -0.530. The third kappa shape index (κ3) is 2.51. The molecule has 2 rings (SSSR count). The van der Waals surface area contributed by atoms with E-state index in [1.165, 1.54) is 6.42 Å². The van der Waals surface area contributed by atoms with Crippen molar-refractivity contribution in [2.24, 2.45) is 11.8 Å². The molecule has 2 heteroatoms. The average molecular weight is 253 g/mol. The smallest absolute Gasteiger partial charge is 0.0927 e. The van der Waals surface area contributed by atoms with Gasteiger partial charge in [0.1, 0.15) is 0 Å². The molecule has 1 aromatic rings. The van der Waals surface area contributed by atoms with Crippen LogP contribution >= 0.6 is 11.6 Å².